The summed E-state index contributed by atoms with van der Waals surface area (Å²) in [5, 5.41) is 2.63. The lowest BCUT2D eigenvalue weighted by molar-refractivity contribution is 0.397. The van der Waals surface area contributed by atoms with E-state index in [9.17, 15) is 8.78 Å². The molecule has 7 heteroatoms. The molecule has 18 heavy (non-hydrogen) atoms. The molecule has 1 heterocycles. The molecule has 0 atom stereocenters. The second kappa shape index (κ2) is 5.26. The van der Waals surface area contributed by atoms with Crippen LogP contribution in [-0.4, -0.2) is 17.0 Å². The first-order chi connectivity index (χ1) is 8.60. The molecule has 0 amide bonds. The monoisotopic (exact) mass is 315 g/mol. The Morgan fingerprint density at radius 2 is 2.06 bits per heavy atom. The van der Waals surface area contributed by atoms with E-state index in [2.05, 4.69) is 31.2 Å². The van der Waals surface area contributed by atoms with Crippen molar-refractivity contribution in [3.05, 3.63) is 40.5 Å². The molecular formula is C11H8BrF2N3O. The fraction of sp³-hybridized carbons (Fsp3) is 0.0909. The summed E-state index contributed by atoms with van der Waals surface area (Å²) >= 11 is 3.11. The molecule has 2 rings (SSSR count). The number of halogens is 3. The van der Waals surface area contributed by atoms with Gasteiger partial charge >= 0.3 is 0 Å². The maximum Gasteiger partial charge on any atom is 0.260 e. The Bertz CT molecular complexity index is 580. The molecule has 0 aliphatic heterocycles. The molecule has 94 valence electrons. The molecule has 1 N–H and O–H groups in total. The third-order valence-electron chi connectivity index (χ3n) is 2.04. The van der Waals surface area contributed by atoms with Crippen LogP contribution >= 0.6 is 15.9 Å². The Balaban J connectivity index is 2.33. The zero-order valence-corrected chi connectivity index (χ0v) is 10.8. The molecule has 0 fully saturated rings. The summed E-state index contributed by atoms with van der Waals surface area (Å²) in [4.78, 5) is 7.41. The molecule has 0 radical (unpaired) electrons. The van der Waals surface area contributed by atoms with E-state index in [1.807, 2.05) is 0 Å². The highest BCUT2D eigenvalue weighted by atomic mass is 79.9. The number of nitrogens with zero attached hydrogens (tertiary/aromatic N) is 2. The fourth-order valence-corrected chi connectivity index (χ4v) is 1.54. The number of nitrogens with one attached hydrogen (secondary N) is 1. The van der Waals surface area contributed by atoms with Crippen molar-refractivity contribution >= 4 is 21.9 Å². The molecule has 0 spiro atoms. The van der Waals surface area contributed by atoms with Crippen molar-refractivity contribution in [1.29, 1.82) is 0 Å². The summed E-state index contributed by atoms with van der Waals surface area (Å²) in [5.74, 6) is -1.65. The molecule has 1 aromatic heterocycles. The lowest BCUT2D eigenvalue weighted by Gasteiger charge is -2.07. The Hall–Kier alpha value is -1.76. The van der Waals surface area contributed by atoms with Gasteiger partial charge in [0, 0.05) is 11.5 Å². The number of rotatable bonds is 3. The van der Waals surface area contributed by atoms with E-state index in [-0.39, 0.29) is 17.6 Å². The Morgan fingerprint density at radius 1 is 1.28 bits per heavy atom. The van der Waals surface area contributed by atoms with E-state index < -0.39 is 11.6 Å². The van der Waals surface area contributed by atoms with Crippen molar-refractivity contribution in [2.75, 3.05) is 12.4 Å². The molecule has 0 bridgehead atoms. The van der Waals surface area contributed by atoms with Gasteiger partial charge in [-0.3, -0.25) is 0 Å². The Morgan fingerprint density at radius 3 is 2.72 bits per heavy atom. The molecule has 2 aromatic rings. The highest BCUT2D eigenvalue weighted by molar-refractivity contribution is 9.10. The fourth-order valence-electron chi connectivity index (χ4n) is 1.21. The quantitative estimate of drug-likeness (QED) is 0.943. The highest BCUT2D eigenvalue weighted by Crippen LogP contribution is 2.27. The molecule has 0 saturated carbocycles. The number of benzene rings is 1. The number of aromatic nitrogens is 2. The topological polar surface area (TPSA) is 47.0 Å². The molecule has 0 aliphatic carbocycles. The predicted octanol–water partition coefficient (Wildman–Crippen LogP) is 3.35. The zero-order valence-electron chi connectivity index (χ0n) is 9.25. The van der Waals surface area contributed by atoms with Crippen LogP contribution in [0.4, 0.5) is 14.7 Å². The normalized spacial score (nSPS) is 10.2. The van der Waals surface area contributed by atoms with Crippen molar-refractivity contribution < 1.29 is 13.5 Å². The molecule has 0 unspecified atom stereocenters. The van der Waals surface area contributed by atoms with Crippen LogP contribution in [-0.2, 0) is 0 Å². The van der Waals surface area contributed by atoms with Crippen LogP contribution < -0.4 is 10.1 Å². The van der Waals surface area contributed by atoms with Crippen molar-refractivity contribution in [3.8, 4) is 11.6 Å². The summed E-state index contributed by atoms with van der Waals surface area (Å²) in [6.07, 6.45) is 0.949. The van der Waals surface area contributed by atoms with Gasteiger partial charge in [-0.15, -0.1) is 0 Å². The summed E-state index contributed by atoms with van der Waals surface area (Å²) in [7, 11) is 1.58. The second-order valence-electron chi connectivity index (χ2n) is 3.27. The molecular weight excluding hydrogens is 308 g/mol. The van der Waals surface area contributed by atoms with Crippen LogP contribution in [0.5, 0.6) is 11.6 Å². The number of hydrogen-bond acceptors (Lipinski definition) is 4. The highest BCUT2D eigenvalue weighted by Gasteiger charge is 2.12. The lowest BCUT2D eigenvalue weighted by atomic mass is 10.3. The van der Waals surface area contributed by atoms with Gasteiger partial charge in [0.1, 0.15) is 0 Å². The minimum Gasteiger partial charge on any atom is -0.433 e. The van der Waals surface area contributed by atoms with E-state index in [1.165, 1.54) is 12.1 Å². The van der Waals surface area contributed by atoms with Crippen molar-refractivity contribution in [3.63, 3.8) is 0 Å². The summed E-state index contributed by atoms with van der Waals surface area (Å²) < 4.78 is 32.5. The number of hydrogen-bond donors (Lipinski definition) is 1. The van der Waals surface area contributed by atoms with Crippen molar-refractivity contribution in [1.82, 2.24) is 9.97 Å². The van der Waals surface area contributed by atoms with Gasteiger partial charge in [-0.05, 0) is 18.2 Å². The maximum absolute atomic E-state index is 13.5. The van der Waals surface area contributed by atoms with Gasteiger partial charge in [-0.1, -0.05) is 15.9 Å². The SMILES string of the molecule is CNc1ncc(F)c(Oc2ccc(Br)cc2F)n1. The van der Waals surface area contributed by atoms with Crippen LogP contribution in [0.25, 0.3) is 0 Å². The van der Waals surface area contributed by atoms with Crippen LogP contribution in [0, 0.1) is 11.6 Å². The number of anilines is 1. The average molecular weight is 316 g/mol. The first-order valence-corrected chi connectivity index (χ1v) is 5.72. The minimum absolute atomic E-state index is 0.113. The largest absolute Gasteiger partial charge is 0.433 e. The van der Waals surface area contributed by atoms with E-state index in [1.54, 1.807) is 13.1 Å². The van der Waals surface area contributed by atoms with Crippen LogP contribution in [0.3, 0.4) is 0 Å². The Kier molecular flexibility index (Phi) is 3.71. The molecule has 4 nitrogen and oxygen atoms in total. The molecule has 0 aliphatic rings. The maximum atomic E-state index is 13.5. The molecule has 0 saturated heterocycles. The third-order valence-corrected chi connectivity index (χ3v) is 2.53. The van der Waals surface area contributed by atoms with Gasteiger partial charge in [0.25, 0.3) is 5.88 Å². The van der Waals surface area contributed by atoms with Gasteiger partial charge in [0.15, 0.2) is 11.6 Å². The standard InChI is InChI=1S/C11H8BrF2N3O/c1-15-11-16-5-8(14)10(17-11)18-9-3-2-6(12)4-7(9)13/h2-5H,1H3,(H,15,16,17). The second-order valence-corrected chi connectivity index (χ2v) is 4.19. The third kappa shape index (κ3) is 2.73. The summed E-state index contributed by atoms with van der Waals surface area (Å²) in [6.45, 7) is 0. The summed E-state index contributed by atoms with van der Waals surface area (Å²) in [5.41, 5.74) is 0. The van der Waals surface area contributed by atoms with E-state index in [4.69, 9.17) is 4.74 Å². The van der Waals surface area contributed by atoms with E-state index in [0.29, 0.717) is 4.47 Å². The lowest BCUT2D eigenvalue weighted by Crippen LogP contribution is -2.00. The van der Waals surface area contributed by atoms with Gasteiger partial charge < -0.3 is 10.1 Å². The smallest absolute Gasteiger partial charge is 0.260 e. The Labute approximate surface area is 110 Å². The first-order valence-electron chi connectivity index (χ1n) is 4.93. The van der Waals surface area contributed by atoms with Gasteiger partial charge in [-0.25, -0.2) is 9.37 Å². The van der Waals surface area contributed by atoms with Crippen LogP contribution in [0.15, 0.2) is 28.9 Å². The minimum atomic E-state index is -0.767. The molecule has 1 aromatic carbocycles. The average Bonchev–Trinajstić information content (AvgIpc) is 2.35. The van der Waals surface area contributed by atoms with Crippen LogP contribution in [0.2, 0.25) is 0 Å². The van der Waals surface area contributed by atoms with Gasteiger partial charge in [-0.2, -0.15) is 9.37 Å². The van der Waals surface area contributed by atoms with E-state index in [0.717, 1.165) is 6.20 Å². The van der Waals surface area contributed by atoms with Gasteiger partial charge in [0.2, 0.25) is 11.8 Å². The van der Waals surface area contributed by atoms with Crippen LogP contribution in [0.1, 0.15) is 0 Å². The van der Waals surface area contributed by atoms with Crippen molar-refractivity contribution in [2.45, 2.75) is 0 Å². The zero-order chi connectivity index (χ0) is 13.1. The first kappa shape index (κ1) is 12.7. The van der Waals surface area contributed by atoms with Crippen molar-refractivity contribution in [2.24, 2.45) is 0 Å². The summed E-state index contributed by atoms with van der Waals surface area (Å²) in [6, 6.07) is 4.17. The number of ether oxygens (including phenoxy) is 1. The van der Waals surface area contributed by atoms with Gasteiger partial charge in [0.05, 0.1) is 6.20 Å². The predicted molar refractivity (Wildman–Crippen MR) is 65.7 cm³/mol. The van der Waals surface area contributed by atoms with E-state index >= 15 is 0 Å².